The standard InChI is InChI=1S/C11H14ClF2NO2/c12-8-2-1-3-10(4-8)17-7-9(16)5-15-6-11(13)14/h1-4,9,11,15-16H,5-7H2. The minimum atomic E-state index is -2.42. The van der Waals surface area contributed by atoms with Crippen LogP contribution >= 0.6 is 11.6 Å². The summed E-state index contributed by atoms with van der Waals surface area (Å²) in [5, 5.41) is 12.4. The fourth-order valence-corrected chi connectivity index (χ4v) is 1.35. The maximum absolute atomic E-state index is 11.8. The van der Waals surface area contributed by atoms with Gasteiger partial charge in [0.2, 0.25) is 0 Å². The first kappa shape index (κ1) is 14.2. The van der Waals surface area contributed by atoms with Crippen molar-refractivity contribution in [3.8, 4) is 5.75 Å². The zero-order valence-electron chi connectivity index (χ0n) is 9.07. The van der Waals surface area contributed by atoms with Gasteiger partial charge in [-0.3, -0.25) is 0 Å². The van der Waals surface area contributed by atoms with E-state index in [4.69, 9.17) is 16.3 Å². The summed E-state index contributed by atoms with van der Waals surface area (Å²) in [6, 6.07) is 6.74. The van der Waals surface area contributed by atoms with Gasteiger partial charge in [-0.1, -0.05) is 17.7 Å². The third kappa shape index (κ3) is 6.41. The largest absolute Gasteiger partial charge is 0.491 e. The molecule has 2 N–H and O–H groups in total. The number of ether oxygens (including phenoxy) is 1. The molecule has 6 heteroatoms. The van der Waals surface area contributed by atoms with Crippen LogP contribution in [0.4, 0.5) is 8.78 Å². The fraction of sp³-hybridized carbons (Fsp3) is 0.455. The minimum absolute atomic E-state index is 0.0244. The van der Waals surface area contributed by atoms with Gasteiger partial charge in [0, 0.05) is 11.6 Å². The second-order valence-electron chi connectivity index (χ2n) is 3.47. The molecule has 0 spiro atoms. The molecule has 96 valence electrons. The van der Waals surface area contributed by atoms with Gasteiger partial charge in [0.05, 0.1) is 6.54 Å². The van der Waals surface area contributed by atoms with E-state index < -0.39 is 19.1 Å². The summed E-state index contributed by atoms with van der Waals surface area (Å²) in [4.78, 5) is 0. The summed E-state index contributed by atoms with van der Waals surface area (Å²) >= 11 is 5.74. The Hall–Kier alpha value is -0.910. The van der Waals surface area contributed by atoms with Gasteiger partial charge >= 0.3 is 0 Å². The van der Waals surface area contributed by atoms with Crippen LogP contribution in [0.1, 0.15) is 0 Å². The summed E-state index contributed by atoms with van der Waals surface area (Å²) in [6.07, 6.45) is -3.26. The fourth-order valence-electron chi connectivity index (χ4n) is 1.17. The molecule has 1 unspecified atom stereocenters. The second-order valence-corrected chi connectivity index (χ2v) is 3.91. The second kappa shape index (κ2) is 7.42. The number of hydrogen-bond donors (Lipinski definition) is 2. The van der Waals surface area contributed by atoms with E-state index in [0.717, 1.165) is 0 Å². The van der Waals surface area contributed by atoms with E-state index in [2.05, 4.69) is 5.32 Å². The number of nitrogens with one attached hydrogen (secondary N) is 1. The third-order valence-corrected chi connectivity index (χ3v) is 2.15. The molecular weight excluding hydrogens is 252 g/mol. The molecule has 0 radical (unpaired) electrons. The van der Waals surface area contributed by atoms with Crippen LogP contribution in [-0.4, -0.2) is 37.3 Å². The molecule has 0 saturated carbocycles. The molecule has 1 rings (SSSR count). The Balaban J connectivity index is 2.21. The highest BCUT2D eigenvalue weighted by Crippen LogP contribution is 2.17. The number of hydrogen-bond acceptors (Lipinski definition) is 3. The van der Waals surface area contributed by atoms with Crippen LogP contribution in [0, 0.1) is 0 Å². The summed E-state index contributed by atoms with van der Waals surface area (Å²) in [5.41, 5.74) is 0. The van der Waals surface area contributed by atoms with Gasteiger partial charge < -0.3 is 15.2 Å². The molecule has 0 aliphatic rings. The first-order chi connectivity index (χ1) is 8.08. The maximum Gasteiger partial charge on any atom is 0.250 e. The Kier molecular flexibility index (Phi) is 6.18. The molecule has 1 aromatic carbocycles. The first-order valence-corrected chi connectivity index (χ1v) is 5.51. The van der Waals surface area contributed by atoms with Crippen molar-refractivity contribution in [3.05, 3.63) is 29.3 Å². The highest BCUT2D eigenvalue weighted by molar-refractivity contribution is 6.30. The number of rotatable bonds is 7. The molecule has 0 saturated heterocycles. The van der Waals surface area contributed by atoms with Gasteiger partial charge in [-0.05, 0) is 18.2 Å². The number of alkyl halides is 2. The number of benzene rings is 1. The third-order valence-electron chi connectivity index (χ3n) is 1.92. The van der Waals surface area contributed by atoms with Crippen molar-refractivity contribution in [2.24, 2.45) is 0 Å². The van der Waals surface area contributed by atoms with E-state index in [0.29, 0.717) is 10.8 Å². The monoisotopic (exact) mass is 265 g/mol. The lowest BCUT2D eigenvalue weighted by molar-refractivity contribution is 0.0951. The summed E-state index contributed by atoms with van der Waals surface area (Å²) < 4.78 is 28.8. The maximum atomic E-state index is 11.8. The molecular formula is C11H14ClF2NO2. The van der Waals surface area contributed by atoms with Gasteiger partial charge in [-0.15, -0.1) is 0 Å². The molecule has 0 amide bonds. The molecule has 1 aromatic rings. The topological polar surface area (TPSA) is 41.5 Å². The van der Waals surface area contributed by atoms with Crippen LogP contribution in [0.25, 0.3) is 0 Å². The molecule has 0 bridgehead atoms. The van der Waals surface area contributed by atoms with Crippen LogP contribution in [-0.2, 0) is 0 Å². The predicted molar refractivity (Wildman–Crippen MR) is 61.8 cm³/mol. The van der Waals surface area contributed by atoms with Crippen molar-refractivity contribution in [2.75, 3.05) is 19.7 Å². The van der Waals surface area contributed by atoms with Gasteiger partial charge in [-0.25, -0.2) is 8.78 Å². The summed E-state index contributed by atoms with van der Waals surface area (Å²) in [6.45, 7) is -0.351. The van der Waals surface area contributed by atoms with Crippen LogP contribution < -0.4 is 10.1 Å². The van der Waals surface area contributed by atoms with Crippen molar-refractivity contribution < 1.29 is 18.6 Å². The smallest absolute Gasteiger partial charge is 0.250 e. The molecule has 17 heavy (non-hydrogen) atoms. The number of aliphatic hydroxyl groups excluding tert-OH is 1. The number of halogens is 3. The van der Waals surface area contributed by atoms with E-state index in [-0.39, 0.29) is 13.2 Å². The van der Waals surface area contributed by atoms with Crippen LogP contribution in [0.2, 0.25) is 5.02 Å². The molecule has 0 aliphatic heterocycles. The quantitative estimate of drug-likeness (QED) is 0.792. The SMILES string of the molecule is OC(CNCC(F)F)COc1cccc(Cl)c1. The average Bonchev–Trinajstić information content (AvgIpc) is 2.26. The summed E-state index contributed by atoms with van der Waals surface area (Å²) in [5.74, 6) is 0.533. The lowest BCUT2D eigenvalue weighted by Crippen LogP contribution is -2.33. The van der Waals surface area contributed by atoms with Crippen LogP contribution in [0.3, 0.4) is 0 Å². The van der Waals surface area contributed by atoms with Gasteiger partial charge in [0.25, 0.3) is 6.43 Å². The van der Waals surface area contributed by atoms with Crippen molar-refractivity contribution >= 4 is 11.6 Å². The Labute approximate surface area is 103 Å². The van der Waals surface area contributed by atoms with Gasteiger partial charge in [0.1, 0.15) is 18.5 Å². The van der Waals surface area contributed by atoms with Crippen LogP contribution in [0.5, 0.6) is 5.75 Å². The molecule has 0 fully saturated rings. The van der Waals surface area contributed by atoms with Crippen molar-refractivity contribution in [3.63, 3.8) is 0 Å². The zero-order valence-corrected chi connectivity index (χ0v) is 9.83. The van der Waals surface area contributed by atoms with E-state index in [1.54, 1.807) is 24.3 Å². The highest BCUT2D eigenvalue weighted by Gasteiger charge is 2.07. The Bertz CT molecular complexity index is 339. The highest BCUT2D eigenvalue weighted by atomic mass is 35.5. The lowest BCUT2D eigenvalue weighted by Gasteiger charge is -2.13. The molecule has 0 heterocycles. The Morgan fingerprint density at radius 3 is 2.76 bits per heavy atom. The lowest BCUT2D eigenvalue weighted by atomic mass is 10.3. The van der Waals surface area contributed by atoms with Gasteiger partial charge in [0.15, 0.2) is 0 Å². The normalized spacial score (nSPS) is 12.8. The molecule has 3 nitrogen and oxygen atoms in total. The van der Waals surface area contributed by atoms with E-state index in [1.807, 2.05) is 0 Å². The summed E-state index contributed by atoms with van der Waals surface area (Å²) in [7, 11) is 0. The Morgan fingerprint density at radius 2 is 2.12 bits per heavy atom. The minimum Gasteiger partial charge on any atom is -0.491 e. The average molecular weight is 266 g/mol. The van der Waals surface area contributed by atoms with Crippen LogP contribution in [0.15, 0.2) is 24.3 Å². The molecule has 0 aromatic heterocycles. The van der Waals surface area contributed by atoms with Gasteiger partial charge in [-0.2, -0.15) is 0 Å². The van der Waals surface area contributed by atoms with E-state index in [9.17, 15) is 13.9 Å². The zero-order chi connectivity index (χ0) is 12.7. The van der Waals surface area contributed by atoms with Crippen molar-refractivity contribution in [2.45, 2.75) is 12.5 Å². The Morgan fingerprint density at radius 1 is 1.35 bits per heavy atom. The number of aliphatic hydroxyl groups is 1. The predicted octanol–water partition coefficient (Wildman–Crippen LogP) is 1.93. The van der Waals surface area contributed by atoms with E-state index in [1.165, 1.54) is 0 Å². The molecule has 1 atom stereocenters. The molecule has 0 aliphatic carbocycles. The van der Waals surface area contributed by atoms with Crippen molar-refractivity contribution in [1.82, 2.24) is 5.32 Å². The van der Waals surface area contributed by atoms with Crippen molar-refractivity contribution in [1.29, 1.82) is 0 Å². The van der Waals surface area contributed by atoms with E-state index >= 15 is 0 Å². The first-order valence-electron chi connectivity index (χ1n) is 5.13.